The number of carbonyl (C=O) groups is 1. The number of hydrogen-bond donors (Lipinski definition) is 1. The molecule has 0 amide bonds. The van der Waals surface area contributed by atoms with Gasteiger partial charge in [-0.2, -0.15) is 0 Å². The Hall–Kier alpha value is -1.39. The van der Waals surface area contributed by atoms with Crippen molar-refractivity contribution in [3.8, 4) is 0 Å². The van der Waals surface area contributed by atoms with Gasteiger partial charge >= 0.3 is 5.97 Å². The highest BCUT2D eigenvalue weighted by atomic mass is 16.5. The Morgan fingerprint density at radius 1 is 1.43 bits per heavy atom. The molecule has 0 aliphatic carbocycles. The molecule has 2 heterocycles. The molecule has 1 N–H and O–H groups in total. The molecule has 1 aromatic rings. The lowest BCUT2D eigenvalue weighted by molar-refractivity contribution is -0.159. The summed E-state index contributed by atoms with van der Waals surface area (Å²) in [5, 5.41) is 9.69. The number of carboxylic acid groups (broad SMARTS) is 1. The summed E-state index contributed by atoms with van der Waals surface area (Å²) in [6.07, 6.45) is 0.857. The van der Waals surface area contributed by atoms with Gasteiger partial charge < -0.3 is 9.84 Å². The number of rotatable bonds is 3. The van der Waals surface area contributed by atoms with Crippen molar-refractivity contribution < 1.29 is 14.6 Å². The highest BCUT2D eigenvalue weighted by Gasteiger charge is 2.53. The zero-order valence-corrected chi connectivity index (χ0v) is 12.8. The first-order valence-electron chi connectivity index (χ1n) is 7.61. The molecule has 0 unspecified atom stereocenters. The summed E-state index contributed by atoms with van der Waals surface area (Å²) < 4.78 is 5.49. The number of likely N-dealkylation sites (tertiary alicyclic amines) is 1. The van der Waals surface area contributed by atoms with Crippen LogP contribution in [-0.2, 0) is 16.1 Å². The third-order valence-corrected chi connectivity index (χ3v) is 5.19. The van der Waals surface area contributed by atoms with Crippen LogP contribution in [0.15, 0.2) is 18.2 Å². The third kappa shape index (κ3) is 2.47. The fourth-order valence-electron chi connectivity index (χ4n) is 3.84. The molecule has 114 valence electrons. The van der Waals surface area contributed by atoms with Crippen LogP contribution in [0.2, 0.25) is 0 Å². The van der Waals surface area contributed by atoms with Crippen LogP contribution in [0, 0.1) is 25.2 Å². The van der Waals surface area contributed by atoms with Gasteiger partial charge in [0.25, 0.3) is 0 Å². The van der Waals surface area contributed by atoms with E-state index in [0.29, 0.717) is 19.8 Å². The Morgan fingerprint density at radius 3 is 2.76 bits per heavy atom. The van der Waals surface area contributed by atoms with Gasteiger partial charge in [0.1, 0.15) is 5.41 Å². The quantitative estimate of drug-likeness (QED) is 0.927. The van der Waals surface area contributed by atoms with Gasteiger partial charge in [0, 0.05) is 26.2 Å². The Labute approximate surface area is 125 Å². The number of carboxylic acids is 1. The summed E-state index contributed by atoms with van der Waals surface area (Å²) in [6.45, 7) is 7.60. The molecule has 4 heteroatoms. The normalized spacial score (nSPS) is 29.3. The number of benzene rings is 1. The topological polar surface area (TPSA) is 49.8 Å². The number of aliphatic carboxylic acids is 1. The third-order valence-electron chi connectivity index (χ3n) is 5.19. The molecule has 2 aliphatic heterocycles. The SMILES string of the molecule is Cc1cccc(C)c1CN1C[C@@H]2CCOC[C@]2(C(=O)O)C1. The van der Waals surface area contributed by atoms with Crippen LogP contribution in [0.1, 0.15) is 23.1 Å². The van der Waals surface area contributed by atoms with Crippen LogP contribution in [0.25, 0.3) is 0 Å². The second kappa shape index (κ2) is 5.43. The van der Waals surface area contributed by atoms with E-state index in [0.717, 1.165) is 19.5 Å². The molecule has 2 saturated heterocycles. The molecule has 0 saturated carbocycles. The molecule has 0 radical (unpaired) electrons. The van der Waals surface area contributed by atoms with Crippen molar-refractivity contribution in [2.75, 3.05) is 26.3 Å². The van der Waals surface area contributed by atoms with Gasteiger partial charge in [-0.25, -0.2) is 0 Å². The molecule has 0 bridgehead atoms. The molecule has 2 fully saturated rings. The minimum absolute atomic E-state index is 0.216. The first kappa shape index (κ1) is 14.5. The summed E-state index contributed by atoms with van der Waals surface area (Å²) in [4.78, 5) is 14.1. The monoisotopic (exact) mass is 289 g/mol. The number of aryl methyl sites for hydroxylation is 2. The predicted octanol–water partition coefficient (Wildman–Crippen LogP) is 2.23. The van der Waals surface area contributed by atoms with Gasteiger partial charge in [-0.15, -0.1) is 0 Å². The van der Waals surface area contributed by atoms with Crippen LogP contribution < -0.4 is 0 Å². The Balaban J connectivity index is 1.81. The molecule has 3 rings (SSSR count). The highest BCUT2D eigenvalue weighted by molar-refractivity contribution is 5.76. The van der Waals surface area contributed by atoms with E-state index in [9.17, 15) is 9.90 Å². The Kier molecular flexibility index (Phi) is 3.76. The second-order valence-corrected chi connectivity index (χ2v) is 6.54. The predicted molar refractivity (Wildman–Crippen MR) is 80.2 cm³/mol. The van der Waals surface area contributed by atoms with E-state index >= 15 is 0 Å². The summed E-state index contributed by atoms with van der Waals surface area (Å²) in [6, 6.07) is 6.33. The fraction of sp³-hybridized carbons (Fsp3) is 0.588. The lowest BCUT2D eigenvalue weighted by Crippen LogP contribution is -2.46. The number of fused-ring (bicyclic) bond motifs is 1. The Morgan fingerprint density at radius 2 is 2.14 bits per heavy atom. The van der Waals surface area contributed by atoms with E-state index in [1.165, 1.54) is 16.7 Å². The average molecular weight is 289 g/mol. The van der Waals surface area contributed by atoms with Crippen molar-refractivity contribution in [1.29, 1.82) is 0 Å². The molecule has 2 atom stereocenters. The molecular formula is C17H23NO3. The zero-order chi connectivity index (χ0) is 15.0. The van der Waals surface area contributed by atoms with Crippen LogP contribution in [0.5, 0.6) is 0 Å². The maximum atomic E-state index is 11.8. The minimum atomic E-state index is -0.700. The van der Waals surface area contributed by atoms with Crippen molar-refractivity contribution in [2.45, 2.75) is 26.8 Å². The summed E-state index contributed by atoms with van der Waals surface area (Å²) >= 11 is 0. The van der Waals surface area contributed by atoms with Crippen LogP contribution in [-0.4, -0.2) is 42.3 Å². The van der Waals surface area contributed by atoms with Crippen molar-refractivity contribution >= 4 is 5.97 Å². The summed E-state index contributed by atoms with van der Waals surface area (Å²) in [7, 11) is 0. The molecule has 4 nitrogen and oxygen atoms in total. The van der Waals surface area contributed by atoms with Crippen LogP contribution in [0.3, 0.4) is 0 Å². The zero-order valence-electron chi connectivity index (χ0n) is 12.8. The first-order valence-corrected chi connectivity index (χ1v) is 7.61. The molecule has 2 aliphatic rings. The van der Waals surface area contributed by atoms with Crippen molar-refractivity contribution in [2.24, 2.45) is 11.3 Å². The van der Waals surface area contributed by atoms with E-state index < -0.39 is 11.4 Å². The maximum Gasteiger partial charge on any atom is 0.313 e. The van der Waals surface area contributed by atoms with E-state index in [2.05, 4.69) is 36.9 Å². The van der Waals surface area contributed by atoms with Gasteiger partial charge in [0.05, 0.1) is 6.61 Å². The smallest absolute Gasteiger partial charge is 0.313 e. The molecule has 1 aromatic carbocycles. The lowest BCUT2D eigenvalue weighted by Gasteiger charge is -2.34. The van der Waals surface area contributed by atoms with Crippen molar-refractivity contribution in [1.82, 2.24) is 4.90 Å². The van der Waals surface area contributed by atoms with E-state index in [1.54, 1.807) is 0 Å². The fourth-order valence-corrected chi connectivity index (χ4v) is 3.84. The molecule has 0 spiro atoms. The number of nitrogens with zero attached hydrogens (tertiary/aromatic N) is 1. The minimum Gasteiger partial charge on any atom is -0.481 e. The van der Waals surface area contributed by atoms with Crippen molar-refractivity contribution in [3.63, 3.8) is 0 Å². The van der Waals surface area contributed by atoms with E-state index in [1.807, 2.05) is 0 Å². The van der Waals surface area contributed by atoms with Gasteiger partial charge in [0.15, 0.2) is 0 Å². The van der Waals surface area contributed by atoms with Crippen molar-refractivity contribution in [3.05, 3.63) is 34.9 Å². The summed E-state index contributed by atoms with van der Waals surface area (Å²) in [5.41, 5.74) is 3.20. The molecular weight excluding hydrogens is 266 g/mol. The van der Waals surface area contributed by atoms with Crippen LogP contribution >= 0.6 is 0 Å². The standard InChI is InChI=1S/C17H23NO3/c1-12-4-3-5-13(2)15(12)9-18-8-14-6-7-21-11-17(14,10-18)16(19)20/h3-5,14H,6-11H2,1-2H3,(H,19,20)/t14-,17+/m0/s1. The van der Waals surface area contributed by atoms with Gasteiger partial charge in [0.2, 0.25) is 0 Å². The van der Waals surface area contributed by atoms with E-state index in [4.69, 9.17) is 4.74 Å². The number of hydrogen-bond acceptors (Lipinski definition) is 3. The van der Waals surface area contributed by atoms with Gasteiger partial charge in [-0.1, -0.05) is 18.2 Å². The second-order valence-electron chi connectivity index (χ2n) is 6.54. The molecule has 0 aromatic heterocycles. The van der Waals surface area contributed by atoms with Crippen LogP contribution in [0.4, 0.5) is 0 Å². The first-order chi connectivity index (χ1) is 10.0. The van der Waals surface area contributed by atoms with Gasteiger partial charge in [-0.05, 0) is 42.9 Å². The van der Waals surface area contributed by atoms with Gasteiger partial charge in [-0.3, -0.25) is 9.69 Å². The number of ether oxygens (including phenoxy) is 1. The maximum absolute atomic E-state index is 11.8. The van der Waals surface area contributed by atoms with E-state index in [-0.39, 0.29) is 5.92 Å². The highest BCUT2D eigenvalue weighted by Crippen LogP contribution is 2.42. The average Bonchev–Trinajstić information content (AvgIpc) is 2.82. The Bertz CT molecular complexity index is 537. The summed E-state index contributed by atoms with van der Waals surface area (Å²) in [5.74, 6) is -0.482. The largest absolute Gasteiger partial charge is 0.481 e. The molecule has 21 heavy (non-hydrogen) atoms. The lowest BCUT2D eigenvalue weighted by atomic mass is 9.76.